The Hall–Kier alpha value is -0.560. The smallest absolute Gasteiger partial charge is 0.0262 e. The van der Waals surface area contributed by atoms with Crippen molar-refractivity contribution >= 4 is 0 Å². The van der Waals surface area contributed by atoms with Gasteiger partial charge in [-0.25, -0.2) is 0 Å². The number of nitrogens with two attached hydrogens (primary N) is 1. The van der Waals surface area contributed by atoms with Crippen LogP contribution in [0.5, 0.6) is 0 Å². The lowest BCUT2D eigenvalue weighted by molar-refractivity contribution is 0.856. The van der Waals surface area contributed by atoms with Crippen LogP contribution in [0.3, 0.4) is 0 Å². The molecule has 0 saturated carbocycles. The first-order chi connectivity index (χ1) is 4.30. The number of hydrogen-bond acceptors (Lipinski definition) is 1. The monoisotopic (exact) mass is 123 g/mol. The van der Waals surface area contributed by atoms with Gasteiger partial charge in [-0.15, -0.1) is 0 Å². The van der Waals surface area contributed by atoms with E-state index in [2.05, 4.69) is 18.2 Å². The van der Waals surface area contributed by atoms with Crippen molar-refractivity contribution in [2.24, 2.45) is 5.73 Å². The molecule has 0 saturated heterocycles. The van der Waals surface area contributed by atoms with Crippen LogP contribution in [0.15, 0.2) is 23.8 Å². The summed E-state index contributed by atoms with van der Waals surface area (Å²) >= 11 is 0. The van der Waals surface area contributed by atoms with Gasteiger partial charge in [-0.05, 0) is 25.3 Å². The molecule has 0 radical (unpaired) electrons. The molecular formula is C8H13N. The van der Waals surface area contributed by atoms with Crippen molar-refractivity contribution in [2.75, 3.05) is 0 Å². The highest BCUT2D eigenvalue weighted by Gasteiger charge is 2.00. The summed E-state index contributed by atoms with van der Waals surface area (Å²) in [5, 5.41) is 0. The van der Waals surface area contributed by atoms with Gasteiger partial charge in [0.1, 0.15) is 0 Å². The van der Waals surface area contributed by atoms with Gasteiger partial charge in [0, 0.05) is 6.04 Å². The highest BCUT2D eigenvalue weighted by Crippen LogP contribution is 2.11. The minimum Gasteiger partial charge on any atom is -0.324 e. The number of rotatable bonds is 1. The second-order valence-corrected chi connectivity index (χ2v) is 2.47. The van der Waals surface area contributed by atoms with Crippen LogP contribution in [0.25, 0.3) is 0 Å². The van der Waals surface area contributed by atoms with Crippen LogP contribution in [0.1, 0.15) is 19.8 Å². The summed E-state index contributed by atoms with van der Waals surface area (Å²) in [6.45, 7) is 2.02. The average Bonchev–Trinajstić information content (AvgIpc) is 1.90. The quantitative estimate of drug-likeness (QED) is 0.563. The van der Waals surface area contributed by atoms with Crippen LogP contribution in [0.2, 0.25) is 0 Å². The third kappa shape index (κ3) is 1.68. The predicted molar refractivity (Wildman–Crippen MR) is 40.1 cm³/mol. The standard InChI is InChI=1S/C8H13N/c1-7(9)8-5-3-2-4-6-8/h3,5-7H,2,4,9H2,1H3/t7-/m1/s1. The van der Waals surface area contributed by atoms with Gasteiger partial charge in [-0.1, -0.05) is 18.2 Å². The lowest BCUT2D eigenvalue weighted by Crippen LogP contribution is -2.17. The molecule has 50 valence electrons. The summed E-state index contributed by atoms with van der Waals surface area (Å²) in [4.78, 5) is 0. The molecule has 0 aromatic carbocycles. The van der Waals surface area contributed by atoms with Crippen molar-refractivity contribution in [2.45, 2.75) is 25.8 Å². The average molecular weight is 123 g/mol. The molecule has 0 aromatic heterocycles. The van der Waals surface area contributed by atoms with Gasteiger partial charge in [0.2, 0.25) is 0 Å². The Kier molecular flexibility index (Phi) is 2.06. The van der Waals surface area contributed by atoms with E-state index in [9.17, 15) is 0 Å². The summed E-state index contributed by atoms with van der Waals surface area (Å²) in [7, 11) is 0. The largest absolute Gasteiger partial charge is 0.324 e. The van der Waals surface area contributed by atoms with Crippen molar-refractivity contribution in [3.8, 4) is 0 Å². The van der Waals surface area contributed by atoms with Crippen molar-refractivity contribution in [3.05, 3.63) is 23.8 Å². The zero-order valence-electron chi connectivity index (χ0n) is 5.80. The van der Waals surface area contributed by atoms with E-state index >= 15 is 0 Å². The van der Waals surface area contributed by atoms with Gasteiger partial charge in [0.15, 0.2) is 0 Å². The Morgan fingerprint density at radius 3 is 2.67 bits per heavy atom. The van der Waals surface area contributed by atoms with Crippen molar-refractivity contribution in [3.63, 3.8) is 0 Å². The first kappa shape index (κ1) is 6.56. The maximum Gasteiger partial charge on any atom is 0.0262 e. The molecule has 0 fully saturated rings. The molecule has 1 rings (SSSR count). The normalized spacial score (nSPS) is 21.3. The van der Waals surface area contributed by atoms with Crippen LogP contribution in [-0.2, 0) is 0 Å². The lowest BCUT2D eigenvalue weighted by atomic mass is 10.0. The summed E-state index contributed by atoms with van der Waals surface area (Å²) < 4.78 is 0. The Labute approximate surface area is 56.2 Å². The zero-order valence-corrected chi connectivity index (χ0v) is 5.80. The van der Waals surface area contributed by atoms with Gasteiger partial charge in [-0.3, -0.25) is 0 Å². The molecule has 9 heavy (non-hydrogen) atoms. The van der Waals surface area contributed by atoms with E-state index < -0.39 is 0 Å². The van der Waals surface area contributed by atoms with Gasteiger partial charge >= 0.3 is 0 Å². The second kappa shape index (κ2) is 2.83. The summed E-state index contributed by atoms with van der Waals surface area (Å²) in [6.07, 6.45) is 8.85. The molecular weight excluding hydrogens is 110 g/mol. The van der Waals surface area contributed by atoms with Crippen molar-refractivity contribution < 1.29 is 0 Å². The molecule has 0 bridgehead atoms. The zero-order chi connectivity index (χ0) is 6.69. The third-order valence-corrected chi connectivity index (χ3v) is 1.55. The molecule has 0 unspecified atom stereocenters. The van der Waals surface area contributed by atoms with E-state index in [0.717, 1.165) is 6.42 Å². The Morgan fingerprint density at radius 2 is 2.33 bits per heavy atom. The van der Waals surface area contributed by atoms with E-state index in [-0.39, 0.29) is 6.04 Å². The molecule has 1 nitrogen and oxygen atoms in total. The molecule has 1 atom stereocenters. The maximum atomic E-state index is 5.65. The van der Waals surface area contributed by atoms with Gasteiger partial charge in [-0.2, -0.15) is 0 Å². The van der Waals surface area contributed by atoms with Crippen molar-refractivity contribution in [1.82, 2.24) is 0 Å². The van der Waals surface area contributed by atoms with Crippen LogP contribution in [0, 0.1) is 0 Å². The molecule has 0 amide bonds. The van der Waals surface area contributed by atoms with Crippen LogP contribution < -0.4 is 5.73 Å². The summed E-state index contributed by atoms with van der Waals surface area (Å²) in [6, 6.07) is 0.210. The maximum absolute atomic E-state index is 5.65. The Bertz CT molecular complexity index is 143. The van der Waals surface area contributed by atoms with Gasteiger partial charge in [0.05, 0.1) is 0 Å². The van der Waals surface area contributed by atoms with Crippen LogP contribution >= 0.6 is 0 Å². The molecule has 0 spiro atoms. The van der Waals surface area contributed by atoms with Crippen molar-refractivity contribution in [1.29, 1.82) is 0 Å². The molecule has 1 aliphatic carbocycles. The summed E-state index contributed by atoms with van der Waals surface area (Å²) in [5.41, 5.74) is 6.93. The molecule has 2 N–H and O–H groups in total. The highest BCUT2D eigenvalue weighted by atomic mass is 14.6. The predicted octanol–water partition coefficient (Wildman–Crippen LogP) is 1.61. The van der Waals surface area contributed by atoms with E-state index in [4.69, 9.17) is 5.73 Å². The van der Waals surface area contributed by atoms with Gasteiger partial charge < -0.3 is 5.73 Å². The highest BCUT2D eigenvalue weighted by molar-refractivity contribution is 5.26. The number of allylic oxidation sites excluding steroid dienone is 2. The molecule has 0 heterocycles. The first-order valence-electron chi connectivity index (χ1n) is 3.43. The van der Waals surface area contributed by atoms with E-state index in [1.54, 1.807) is 0 Å². The summed E-state index contributed by atoms with van der Waals surface area (Å²) in [5.74, 6) is 0. The fourth-order valence-corrected chi connectivity index (χ4v) is 0.971. The fourth-order valence-electron chi connectivity index (χ4n) is 0.971. The van der Waals surface area contributed by atoms with E-state index in [1.165, 1.54) is 12.0 Å². The minimum absolute atomic E-state index is 0.210. The van der Waals surface area contributed by atoms with E-state index in [1.807, 2.05) is 6.92 Å². The molecule has 1 aliphatic rings. The molecule has 0 aliphatic heterocycles. The van der Waals surface area contributed by atoms with Crippen LogP contribution in [0.4, 0.5) is 0 Å². The molecule has 0 aromatic rings. The van der Waals surface area contributed by atoms with E-state index in [0.29, 0.717) is 0 Å². The first-order valence-corrected chi connectivity index (χ1v) is 3.43. The topological polar surface area (TPSA) is 26.0 Å². The third-order valence-electron chi connectivity index (χ3n) is 1.55. The Balaban J connectivity index is 2.58. The SMILES string of the molecule is C[C@@H](N)C1=CCCC=C1. The Morgan fingerprint density at radius 1 is 1.56 bits per heavy atom. The fraction of sp³-hybridized carbons (Fsp3) is 0.500. The number of hydrogen-bond donors (Lipinski definition) is 1. The lowest BCUT2D eigenvalue weighted by Gasteiger charge is -2.09. The molecule has 1 heteroatoms. The van der Waals surface area contributed by atoms with Crippen LogP contribution in [-0.4, -0.2) is 6.04 Å². The minimum atomic E-state index is 0.210. The van der Waals surface area contributed by atoms with Gasteiger partial charge in [0.25, 0.3) is 0 Å². The second-order valence-electron chi connectivity index (χ2n) is 2.47.